The quantitative estimate of drug-likeness (QED) is 0.754. The molecular weight excluding hydrogens is 236 g/mol. The van der Waals surface area contributed by atoms with Gasteiger partial charge in [0.2, 0.25) is 5.91 Å². The van der Waals surface area contributed by atoms with Crippen LogP contribution < -0.4 is 10.6 Å². The zero-order chi connectivity index (χ0) is 14.1. The molecule has 1 aromatic rings. The smallest absolute Gasteiger partial charge is 0.239 e. The summed E-state index contributed by atoms with van der Waals surface area (Å²) < 4.78 is 0. The van der Waals surface area contributed by atoms with Gasteiger partial charge in [0.1, 0.15) is 0 Å². The molecule has 0 aromatic heterocycles. The molecule has 3 heteroatoms. The molecule has 0 aliphatic carbocycles. The number of carbonyl (C=O) groups excluding carboxylic acids is 1. The number of aryl methyl sites for hydroxylation is 1. The van der Waals surface area contributed by atoms with Gasteiger partial charge in [0.25, 0.3) is 0 Å². The summed E-state index contributed by atoms with van der Waals surface area (Å²) in [5.41, 5.74) is 2.36. The summed E-state index contributed by atoms with van der Waals surface area (Å²) in [4.78, 5) is 11.6. The zero-order valence-corrected chi connectivity index (χ0v) is 12.3. The minimum atomic E-state index is 0.0457. The fourth-order valence-electron chi connectivity index (χ4n) is 1.78. The van der Waals surface area contributed by atoms with Crippen LogP contribution in [0.1, 0.15) is 45.6 Å². The van der Waals surface area contributed by atoms with Gasteiger partial charge in [-0.25, -0.2) is 0 Å². The molecule has 1 atom stereocenters. The summed E-state index contributed by atoms with van der Waals surface area (Å²) >= 11 is 0. The Kier molecular flexibility index (Phi) is 7.01. The number of benzene rings is 1. The molecule has 0 aliphatic rings. The Hall–Kier alpha value is -1.51. The first kappa shape index (κ1) is 15.5. The third-order valence-corrected chi connectivity index (χ3v) is 3.25. The van der Waals surface area contributed by atoms with Gasteiger partial charge in [0.05, 0.1) is 6.54 Å². The van der Waals surface area contributed by atoms with E-state index in [1.54, 1.807) is 0 Å². The molecule has 1 aromatic carbocycles. The number of amides is 1. The molecule has 1 amide bonds. The molecule has 0 heterocycles. The first-order valence-corrected chi connectivity index (χ1v) is 7.27. The van der Waals surface area contributed by atoms with Crippen LogP contribution in [0.3, 0.4) is 0 Å². The van der Waals surface area contributed by atoms with Crippen molar-refractivity contribution in [3.8, 4) is 0 Å². The van der Waals surface area contributed by atoms with E-state index in [0.717, 1.165) is 18.5 Å². The van der Waals surface area contributed by atoms with Gasteiger partial charge in [-0.1, -0.05) is 32.4 Å². The number of rotatable bonds is 8. The van der Waals surface area contributed by atoms with Crippen LogP contribution in [0.5, 0.6) is 0 Å². The Morgan fingerprint density at radius 3 is 2.47 bits per heavy atom. The SMILES string of the molecule is CCCCc1ccc(NCC(=O)NC(C)CC)cc1. The van der Waals surface area contributed by atoms with Gasteiger partial charge in [0, 0.05) is 11.7 Å². The Morgan fingerprint density at radius 2 is 1.89 bits per heavy atom. The Morgan fingerprint density at radius 1 is 1.21 bits per heavy atom. The number of hydrogen-bond acceptors (Lipinski definition) is 2. The first-order chi connectivity index (χ1) is 9.15. The number of hydrogen-bond donors (Lipinski definition) is 2. The number of anilines is 1. The molecule has 0 spiro atoms. The fraction of sp³-hybridized carbons (Fsp3) is 0.562. The molecule has 3 nitrogen and oxygen atoms in total. The van der Waals surface area contributed by atoms with Gasteiger partial charge in [-0.3, -0.25) is 4.79 Å². The van der Waals surface area contributed by atoms with E-state index in [1.165, 1.54) is 18.4 Å². The van der Waals surface area contributed by atoms with Crippen molar-refractivity contribution >= 4 is 11.6 Å². The summed E-state index contributed by atoms with van der Waals surface area (Å²) in [6.07, 6.45) is 4.53. The van der Waals surface area contributed by atoms with Crippen LogP contribution in [0.2, 0.25) is 0 Å². The van der Waals surface area contributed by atoms with Gasteiger partial charge in [-0.05, 0) is 43.9 Å². The van der Waals surface area contributed by atoms with Gasteiger partial charge in [-0.2, -0.15) is 0 Å². The minimum absolute atomic E-state index is 0.0457. The average molecular weight is 262 g/mol. The lowest BCUT2D eigenvalue weighted by Crippen LogP contribution is -2.36. The Labute approximate surface area is 116 Å². The van der Waals surface area contributed by atoms with Crippen molar-refractivity contribution in [3.05, 3.63) is 29.8 Å². The molecule has 1 unspecified atom stereocenters. The molecule has 0 saturated heterocycles. The van der Waals surface area contributed by atoms with E-state index < -0.39 is 0 Å². The standard InChI is InChI=1S/C16H26N2O/c1-4-6-7-14-8-10-15(11-9-14)17-12-16(19)18-13(3)5-2/h8-11,13,17H,4-7,12H2,1-3H3,(H,18,19). The van der Waals surface area contributed by atoms with Gasteiger partial charge < -0.3 is 10.6 Å². The monoisotopic (exact) mass is 262 g/mol. The minimum Gasteiger partial charge on any atom is -0.376 e. The maximum absolute atomic E-state index is 11.6. The van der Waals surface area contributed by atoms with E-state index >= 15 is 0 Å². The highest BCUT2D eigenvalue weighted by molar-refractivity contribution is 5.80. The number of unbranched alkanes of at least 4 members (excludes halogenated alkanes) is 1. The summed E-state index contributed by atoms with van der Waals surface area (Å²) in [6, 6.07) is 8.59. The van der Waals surface area contributed by atoms with E-state index in [2.05, 4.69) is 36.6 Å². The summed E-state index contributed by atoms with van der Waals surface area (Å²) in [5.74, 6) is 0.0457. The molecule has 1 rings (SSSR count). The van der Waals surface area contributed by atoms with E-state index in [1.807, 2.05) is 19.1 Å². The third-order valence-electron chi connectivity index (χ3n) is 3.25. The van der Waals surface area contributed by atoms with E-state index in [0.29, 0.717) is 6.54 Å². The van der Waals surface area contributed by atoms with Crippen LogP contribution in [0.4, 0.5) is 5.69 Å². The highest BCUT2D eigenvalue weighted by Crippen LogP contribution is 2.11. The fourth-order valence-corrected chi connectivity index (χ4v) is 1.78. The third kappa shape index (κ3) is 6.27. The Bertz CT molecular complexity index is 373. The van der Waals surface area contributed by atoms with Crippen molar-refractivity contribution in [2.75, 3.05) is 11.9 Å². The molecule has 0 radical (unpaired) electrons. The predicted octanol–water partition coefficient (Wildman–Crippen LogP) is 3.36. The van der Waals surface area contributed by atoms with Crippen LogP contribution in [0, 0.1) is 0 Å². The lowest BCUT2D eigenvalue weighted by Gasteiger charge is -2.12. The van der Waals surface area contributed by atoms with Crippen molar-refractivity contribution < 1.29 is 4.79 Å². The molecular formula is C16H26N2O. The lowest BCUT2D eigenvalue weighted by atomic mass is 10.1. The highest BCUT2D eigenvalue weighted by atomic mass is 16.1. The van der Waals surface area contributed by atoms with Crippen molar-refractivity contribution in [2.45, 2.75) is 52.5 Å². The molecule has 106 valence electrons. The Balaban J connectivity index is 2.35. The van der Waals surface area contributed by atoms with Crippen LogP contribution in [0.25, 0.3) is 0 Å². The maximum atomic E-state index is 11.6. The second kappa shape index (κ2) is 8.57. The van der Waals surface area contributed by atoms with Crippen LogP contribution >= 0.6 is 0 Å². The summed E-state index contributed by atoms with van der Waals surface area (Å²) in [6.45, 7) is 6.61. The van der Waals surface area contributed by atoms with Gasteiger partial charge in [0.15, 0.2) is 0 Å². The summed E-state index contributed by atoms with van der Waals surface area (Å²) in [5, 5.41) is 6.08. The molecule has 19 heavy (non-hydrogen) atoms. The first-order valence-electron chi connectivity index (χ1n) is 7.27. The molecule has 0 saturated carbocycles. The van der Waals surface area contributed by atoms with E-state index in [4.69, 9.17) is 0 Å². The average Bonchev–Trinajstić information content (AvgIpc) is 2.43. The molecule has 0 bridgehead atoms. The highest BCUT2D eigenvalue weighted by Gasteiger charge is 2.04. The van der Waals surface area contributed by atoms with Crippen LogP contribution in [-0.2, 0) is 11.2 Å². The van der Waals surface area contributed by atoms with Crippen molar-refractivity contribution in [1.29, 1.82) is 0 Å². The second-order valence-corrected chi connectivity index (χ2v) is 5.03. The van der Waals surface area contributed by atoms with E-state index in [-0.39, 0.29) is 11.9 Å². The lowest BCUT2D eigenvalue weighted by molar-refractivity contribution is -0.120. The second-order valence-electron chi connectivity index (χ2n) is 5.03. The van der Waals surface area contributed by atoms with Crippen molar-refractivity contribution in [2.24, 2.45) is 0 Å². The normalized spacial score (nSPS) is 11.9. The van der Waals surface area contributed by atoms with Gasteiger partial charge >= 0.3 is 0 Å². The predicted molar refractivity (Wildman–Crippen MR) is 81.4 cm³/mol. The van der Waals surface area contributed by atoms with E-state index in [9.17, 15) is 4.79 Å². The van der Waals surface area contributed by atoms with Crippen molar-refractivity contribution in [3.63, 3.8) is 0 Å². The van der Waals surface area contributed by atoms with Crippen LogP contribution in [-0.4, -0.2) is 18.5 Å². The summed E-state index contributed by atoms with van der Waals surface area (Å²) in [7, 11) is 0. The number of nitrogens with one attached hydrogen (secondary N) is 2. The van der Waals surface area contributed by atoms with Crippen molar-refractivity contribution in [1.82, 2.24) is 5.32 Å². The largest absolute Gasteiger partial charge is 0.376 e. The molecule has 0 aliphatic heterocycles. The van der Waals surface area contributed by atoms with Crippen LogP contribution in [0.15, 0.2) is 24.3 Å². The van der Waals surface area contributed by atoms with Gasteiger partial charge in [-0.15, -0.1) is 0 Å². The molecule has 0 fully saturated rings. The zero-order valence-electron chi connectivity index (χ0n) is 12.3. The molecule has 2 N–H and O–H groups in total. The topological polar surface area (TPSA) is 41.1 Å². The maximum Gasteiger partial charge on any atom is 0.239 e. The number of carbonyl (C=O) groups is 1.